The first-order valence-electron chi connectivity index (χ1n) is 7.80. The first-order valence-corrected chi connectivity index (χ1v) is 8.18. The van der Waals surface area contributed by atoms with Crippen LogP contribution in [0, 0.1) is 0 Å². The monoisotopic (exact) mass is 336 g/mol. The molecule has 1 heterocycles. The molecule has 0 unspecified atom stereocenters. The minimum absolute atomic E-state index is 0.0172. The molecule has 0 bridgehead atoms. The van der Waals surface area contributed by atoms with Gasteiger partial charge in [-0.15, -0.1) is 0 Å². The fraction of sp³-hybridized carbons (Fsp3) is 0.412. The Morgan fingerprint density at radius 1 is 1.17 bits per heavy atom. The molecule has 0 radical (unpaired) electrons. The summed E-state index contributed by atoms with van der Waals surface area (Å²) in [6.07, 6.45) is 5.74. The van der Waals surface area contributed by atoms with Gasteiger partial charge in [-0.25, -0.2) is 0 Å². The quantitative estimate of drug-likeness (QED) is 0.613. The van der Waals surface area contributed by atoms with Crippen LogP contribution in [0.5, 0.6) is 0 Å². The second kappa shape index (κ2) is 8.58. The molecule has 1 aromatic heterocycles. The zero-order chi connectivity index (χ0) is 16.7. The number of hydrogen-bond donors (Lipinski definition) is 3. The number of carboxylic acid groups (broad SMARTS) is 1. The third-order valence-electron chi connectivity index (χ3n) is 3.72. The van der Waals surface area contributed by atoms with Crippen LogP contribution in [0.25, 0.3) is 10.9 Å². The summed E-state index contributed by atoms with van der Waals surface area (Å²) in [6, 6.07) is 5.57. The number of hydrogen-bond acceptors (Lipinski definition) is 2. The Hall–Kier alpha value is -2.01. The summed E-state index contributed by atoms with van der Waals surface area (Å²) in [5, 5.41) is 13.1. The number of carbonyl (C=O) groups excluding carboxylic acids is 1. The van der Waals surface area contributed by atoms with Crippen molar-refractivity contribution in [2.75, 3.05) is 6.54 Å². The summed E-state index contributed by atoms with van der Waals surface area (Å²) in [7, 11) is 0. The number of aliphatic carboxylic acids is 1. The van der Waals surface area contributed by atoms with Gasteiger partial charge >= 0.3 is 5.97 Å². The van der Waals surface area contributed by atoms with Crippen molar-refractivity contribution >= 4 is 34.4 Å². The van der Waals surface area contributed by atoms with Crippen molar-refractivity contribution in [3.63, 3.8) is 0 Å². The molecular formula is C17H21ClN2O3. The highest BCUT2D eigenvalue weighted by molar-refractivity contribution is 6.31. The number of rotatable bonds is 9. The van der Waals surface area contributed by atoms with Gasteiger partial charge < -0.3 is 15.4 Å². The van der Waals surface area contributed by atoms with E-state index in [0.29, 0.717) is 24.4 Å². The molecule has 0 spiro atoms. The van der Waals surface area contributed by atoms with Crippen molar-refractivity contribution in [3.05, 3.63) is 35.0 Å². The van der Waals surface area contributed by atoms with Crippen LogP contribution in [0.4, 0.5) is 0 Å². The maximum absolute atomic E-state index is 12.0. The molecule has 124 valence electrons. The molecule has 0 fully saturated rings. The van der Waals surface area contributed by atoms with Gasteiger partial charge in [0.2, 0.25) is 5.91 Å². The van der Waals surface area contributed by atoms with E-state index in [1.807, 2.05) is 24.4 Å². The molecule has 2 aromatic rings. The van der Waals surface area contributed by atoms with E-state index in [-0.39, 0.29) is 12.3 Å². The maximum atomic E-state index is 12.0. The second-order valence-corrected chi connectivity index (χ2v) is 6.02. The van der Waals surface area contributed by atoms with Gasteiger partial charge in [-0.05, 0) is 36.6 Å². The van der Waals surface area contributed by atoms with E-state index in [1.165, 1.54) is 0 Å². The number of carbonyl (C=O) groups is 2. The zero-order valence-corrected chi connectivity index (χ0v) is 13.7. The summed E-state index contributed by atoms with van der Waals surface area (Å²) in [5.41, 5.74) is 1.90. The lowest BCUT2D eigenvalue weighted by Gasteiger charge is -2.05. The Balaban J connectivity index is 1.70. The van der Waals surface area contributed by atoms with E-state index in [0.717, 1.165) is 35.7 Å². The Morgan fingerprint density at radius 2 is 1.96 bits per heavy atom. The van der Waals surface area contributed by atoms with Gasteiger partial charge in [0, 0.05) is 35.1 Å². The van der Waals surface area contributed by atoms with Crippen LogP contribution in [-0.4, -0.2) is 28.5 Å². The number of halogens is 1. The van der Waals surface area contributed by atoms with Crippen LogP contribution in [0.3, 0.4) is 0 Å². The number of aromatic amines is 1. The number of aromatic nitrogens is 1. The molecule has 5 nitrogen and oxygen atoms in total. The maximum Gasteiger partial charge on any atom is 0.303 e. The third-order valence-corrected chi connectivity index (χ3v) is 3.96. The number of carboxylic acids is 1. The third kappa shape index (κ3) is 5.60. The average molecular weight is 337 g/mol. The zero-order valence-electron chi connectivity index (χ0n) is 12.9. The molecule has 1 aromatic carbocycles. The highest BCUT2D eigenvalue weighted by Gasteiger charge is 2.09. The fourth-order valence-corrected chi connectivity index (χ4v) is 2.69. The SMILES string of the molecule is O=C(O)CCCCCCNC(=O)Cc1c[nH]c2ccc(Cl)cc12. The molecule has 0 saturated carbocycles. The highest BCUT2D eigenvalue weighted by Crippen LogP contribution is 2.22. The van der Waals surface area contributed by atoms with Crippen molar-refractivity contribution < 1.29 is 14.7 Å². The van der Waals surface area contributed by atoms with Crippen molar-refractivity contribution in [3.8, 4) is 0 Å². The van der Waals surface area contributed by atoms with Crippen molar-refractivity contribution in [1.29, 1.82) is 0 Å². The van der Waals surface area contributed by atoms with Gasteiger partial charge in [-0.3, -0.25) is 9.59 Å². The van der Waals surface area contributed by atoms with Crippen LogP contribution in [0.15, 0.2) is 24.4 Å². The minimum Gasteiger partial charge on any atom is -0.481 e. The van der Waals surface area contributed by atoms with Crippen LogP contribution < -0.4 is 5.32 Å². The van der Waals surface area contributed by atoms with Crippen LogP contribution in [0.1, 0.15) is 37.7 Å². The van der Waals surface area contributed by atoms with Gasteiger partial charge in [-0.1, -0.05) is 24.4 Å². The van der Waals surface area contributed by atoms with E-state index < -0.39 is 5.97 Å². The number of nitrogens with one attached hydrogen (secondary N) is 2. The van der Waals surface area contributed by atoms with Gasteiger partial charge in [0.1, 0.15) is 0 Å². The molecule has 3 N–H and O–H groups in total. The first kappa shape index (κ1) is 17.3. The number of amides is 1. The van der Waals surface area contributed by atoms with E-state index in [4.69, 9.17) is 16.7 Å². The molecule has 6 heteroatoms. The van der Waals surface area contributed by atoms with Gasteiger partial charge in [-0.2, -0.15) is 0 Å². The van der Waals surface area contributed by atoms with E-state index in [9.17, 15) is 9.59 Å². The molecule has 23 heavy (non-hydrogen) atoms. The normalized spacial score (nSPS) is 10.8. The minimum atomic E-state index is -0.753. The largest absolute Gasteiger partial charge is 0.481 e. The summed E-state index contributed by atoms with van der Waals surface area (Å²) < 4.78 is 0. The highest BCUT2D eigenvalue weighted by atomic mass is 35.5. The van der Waals surface area contributed by atoms with E-state index in [1.54, 1.807) is 0 Å². The molecular weight excluding hydrogens is 316 g/mol. The van der Waals surface area contributed by atoms with E-state index >= 15 is 0 Å². The topological polar surface area (TPSA) is 82.2 Å². The first-order chi connectivity index (χ1) is 11.1. The lowest BCUT2D eigenvalue weighted by Crippen LogP contribution is -2.26. The molecule has 0 aliphatic heterocycles. The van der Waals surface area contributed by atoms with Gasteiger partial charge in [0.05, 0.1) is 6.42 Å². The molecule has 0 aliphatic rings. The Kier molecular flexibility index (Phi) is 6.47. The smallest absolute Gasteiger partial charge is 0.303 e. The van der Waals surface area contributed by atoms with Crippen molar-refractivity contribution in [1.82, 2.24) is 10.3 Å². The van der Waals surface area contributed by atoms with Crippen LogP contribution in [0.2, 0.25) is 5.02 Å². The van der Waals surface area contributed by atoms with Crippen molar-refractivity contribution in [2.24, 2.45) is 0 Å². The molecule has 1 amide bonds. The summed E-state index contributed by atoms with van der Waals surface area (Å²) >= 11 is 6.00. The number of benzene rings is 1. The summed E-state index contributed by atoms with van der Waals surface area (Å²) in [5.74, 6) is -0.770. The predicted octanol–water partition coefficient (Wildman–Crippen LogP) is 3.52. The van der Waals surface area contributed by atoms with Gasteiger partial charge in [0.15, 0.2) is 0 Å². The average Bonchev–Trinajstić information content (AvgIpc) is 2.88. The molecule has 0 aliphatic carbocycles. The van der Waals surface area contributed by atoms with Crippen LogP contribution >= 0.6 is 11.6 Å². The van der Waals surface area contributed by atoms with E-state index in [2.05, 4.69) is 10.3 Å². The summed E-state index contributed by atoms with van der Waals surface area (Å²) in [6.45, 7) is 0.620. The Labute approximate surface area is 140 Å². The fourth-order valence-electron chi connectivity index (χ4n) is 2.51. The summed E-state index contributed by atoms with van der Waals surface area (Å²) in [4.78, 5) is 25.5. The molecule has 2 rings (SSSR count). The Bertz CT molecular complexity index is 682. The lowest BCUT2D eigenvalue weighted by atomic mass is 10.1. The standard InChI is InChI=1S/C17H21ClN2O3/c18-13-6-7-15-14(10-13)12(11-20-15)9-16(21)19-8-4-2-1-3-5-17(22)23/h6-7,10-11,20H,1-5,8-9H2,(H,19,21)(H,22,23). The molecule has 0 saturated heterocycles. The van der Waals surface area contributed by atoms with Crippen molar-refractivity contribution in [2.45, 2.75) is 38.5 Å². The molecule has 0 atom stereocenters. The number of fused-ring (bicyclic) bond motifs is 1. The lowest BCUT2D eigenvalue weighted by molar-refractivity contribution is -0.137. The Morgan fingerprint density at radius 3 is 2.74 bits per heavy atom. The second-order valence-electron chi connectivity index (χ2n) is 5.59. The number of H-pyrrole nitrogens is 1. The number of unbranched alkanes of at least 4 members (excludes halogenated alkanes) is 3. The predicted molar refractivity (Wildman–Crippen MR) is 90.7 cm³/mol. The van der Waals surface area contributed by atoms with Crippen LogP contribution in [-0.2, 0) is 16.0 Å². The van der Waals surface area contributed by atoms with Gasteiger partial charge in [0.25, 0.3) is 0 Å².